The second-order valence-electron chi connectivity index (χ2n) is 22.4. The van der Waals surface area contributed by atoms with Gasteiger partial charge in [0.15, 0.2) is 0 Å². The molecule has 0 aliphatic carbocycles. The number of rotatable bonds is 57. The van der Waals surface area contributed by atoms with E-state index < -0.39 is 26.6 Å². The highest BCUT2D eigenvalue weighted by molar-refractivity contribution is 7.45. The van der Waals surface area contributed by atoms with Gasteiger partial charge in [0, 0.05) is 6.42 Å². The van der Waals surface area contributed by atoms with Gasteiger partial charge in [0.05, 0.1) is 39.9 Å². The van der Waals surface area contributed by atoms with Crippen LogP contribution in [0, 0.1) is 0 Å². The van der Waals surface area contributed by atoms with Crippen LogP contribution < -0.4 is 10.2 Å². The highest BCUT2D eigenvalue weighted by Crippen LogP contribution is 2.38. The standard InChI is InChI=1S/C63H121N2O6P/c1-6-8-10-12-14-16-18-20-22-24-26-27-28-29-30-31-32-33-34-35-36-37-39-40-42-44-46-48-50-52-54-56-62(66)61(60-71-72(68,69)70-59-58-65(3,4)5)64-63(67)57-55-53-51-49-47-45-43-41-38-25-23-21-19-17-15-13-11-9-7-2/h21,23,39-40,46,48,54,56,61-62,66H,6-20,22,24-38,41-45,47,49-53,55,57-60H2,1-5H3,(H-,64,67,68,69)/b23-21-,40-39+,48-46+,56-54+. The number of quaternary nitrogens is 1. The number of likely N-dealkylation sites (N-methyl/N-ethyl adjacent to an activating group) is 1. The Bertz CT molecular complexity index is 1310. The first-order chi connectivity index (χ1) is 35.0. The molecule has 3 unspecified atom stereocenters. The van der Waals surface area contributed by atoms with Crippen LogP contribution in [0.25, 0.3) is 0 Å². The molecule has 0 aromatic carbocycles. The van der Waals surface area contributed by atoms with Crippen LogP contribution in [-0.4, -0.2) is 68.5 Å². The van der Waals surface area contributed by atoms with Gasteiger partial charge >= 0.3 is 0 Å². The number of unbranched alkanes of at least 4 members (excludes halogenated alkanes) is 38. The lowest BCUT2D eigenvalue weighted by molar-refractivity contribution is -0.870. The second kappa shape index (κ2) is 54.3. The van der Waals surface area contributed by atoms with Gasteiger partial charge in [0.1, 0.15) is 13.2 Å². The number of phosphoric acid groups is 1. The SMILES string of the molecule is CCCCCCCC/C=C\CCCCCCCCCCCC(=O)NC(COP(=O)([O-])OCC[N+](C)(C)C)C(O)/C=C/CC/C=C/CC/C=C/CCCCCCCCCCCCCCCCCCCCCCC. The molecule has 0 saturated heterocycles. The van der Waals surface area contributed by atoms with Crippen LogP contribution in [0.2, 0.25) is 0 Å². The van der Waals surface area contributed by atoms with Gasteiger partial charge < -0.3 is 28.8 Å². The van der Waals surface area contributed by atoms with Gasteiger partial charge in [-0.3, -0.25) is 9.36 Å². The lowest BCUT2D eigenvalue weighted by Gasteiger charge is -2.29. The van der Waals surface area contributed by atoms with Gasteiger partial charge in [-0.25, -0.2) is 0 Å². The average Bonchev–Trinajstić information content (AvgIpc) is 3.34. The summed E-state index contributed by atoms with van der Waals surface area (Å²) in [5.74, 6) is -0.211. The third kappa shape index (κ3) is 56.2. The fourth-order valence-corrected chi connectivity index (χ4v) is 9.85. The lowest BCUT2D eigenvalue weighted by atomic mass is 10.0. The Morgan fingerprint density at radius 3 is 1.12 bits per heavy atom. The number of amides is 1. The van der Waals surface area contributed by atoms with E-state index in [-0.39, 0.29) is 12.5 Å². The summed E-state index contributed by atoms with van der Waals surface area (Å²) in [5, 5.41) is 13.9. The molecule has 0 spiro atoms. The number of carbonyl (C=O) groups excluding carboxylic acids is 1. The largest absolute Gasteiger partial charge is 0.756 e. The molecule has 0 radical (unpaired) electrons. The Hall–Kier alpha value is -1.54. The Balaban J connectivity index is 4.19. The molecule has 9 heteroatoms. The van der Waals surface area contributed by atoms with Crippen molar-refractivity contribution >= 4 is 13.7 Å². The number of nitrogens with one attached hydrogen (secondary N) is 1. The molecule has 0 rings (SSSR count). The van der Waals surface area contributed by atoms with Crippen molar-refractivity contribution in [1.82, 2.24) is 5.32 Å². The monoisotopic (exact) mass is 1030 g/mol. The minimum absolute atomic E-state index is 0.00967. The molecule has 0 aliphatic rings. The van der Waals surface area contributed by atoms with E-state index in [4.69, 9.17) is 9.05 Å². The number of allylic oxidation sites excluding steroid dienone is 7. The normalized spacial score (nSPS) is 14.2. The third-order valence-corrected chi connectivity index (χ3v) is 15.0. The van der Waals surface area contributed by atoms with Crippen molar-refractivity contribution in [2.45, 2.75) is 309 Å². The van der Waals surface area contributed by atoms with Crippen molar-refractivity contribution in [3.8, 4) is 0 Å². The molecule has 72 heavy (non-hydrogen) atoms. The second-order valence-corrected chi connectivity index (χ2v) is 23.8. The number of phosphoric ester groups is 1. The summed E-state index contributed by atoms with van der Waals surface area (Å²) in [6, 6.07) is -0.912. The molecule has 1 amide bonds. The minimum atomic E-state index is -4.61. The van der Waals surface area contributed by atoms with E-state index in [1.54, 1.807) is 6.08 Å². The fourth-order valence-electron chi connectivity index (χ4n) is 9.12. The van der Waals surface area contributed by atoms with Gasteiger partial charge in [-0.1, -0.05) is 268 Å². The van der Waals surface area contributed by atoms with Crippen molar-refractivity contribution in [1.29, 1.82) is 0 Å². The van der Waals surface area contributed by atoms with Crippen LogP contribution in [0.3, 0.4) is 0 Å². The third-order valence-electron chi connectivity index (χ3n) is 14.0. The van der Waals surface area contributed by atoms with Crippen LogP contribution in [0.1, 0.15) is 296 Å². The summed E-state index contributed by atoms with van der Waals surface area (Å²) >= 11 is 0. The van der Waals surface area contributed by atoms with Crippen molar-refractivity contribution in [2.75, 3.05) is 40.9 Å². The average molecular weight is 1030 g/mol. The van der Waals surface area contributed by atoms with E-state index in [9.17, 15) is 19.4 Å². The van der Waals surface area contributed by atoms with Crippen molar-refractivity contribution < 1.29 is 32.9 Å². The molecule has 2 N–H and O–H groups in total. The van der Waals surface area contributed by atoms with Crippen LogP contribution in [0.15, 0.2) is 48.6 Å². The molecule has 0 saturated carbocycles. The molecule has 8 nitrogen and oxygen atoms in total. The summed E-state index contributed by atoms with van der Waals surface area (Å²) < 4.78 is 23.3. The number of aliphatic hydroxyl groups excluding tert-OH is 1. The first kappa shape index (κ1) is 70.5. The molecular formula is C63H121N2O6P. The quantitative estimate of drug-likeness (QED) is 0.0272. The Labute approximate surface area is 448 Å². The number of nitrogens with zero attached hydrogens (tertiary/aromatic N) is 1. The van der Waals surface area contributed by atoms with Gasteiger partial charge in [-0.05, 0) is 70.6 Å². The molecule has 0 aliphatic heterocycles. The van der Waals surface area contributed by atoms with Crippen LogP contribution >= 0.6 is 7.82 Å². The zero-order valence-corrected chi connectivity index (χ0v) is 49.3. The van der Waals surface area contributed by atoms with Crippen LogP contribution in [0.4, 0.5) is 0 Å². The maximum atomic E-state index is 13.0. The van der Waals surface area contributed by atoms with Crippen molar-refractivity contribution in [3.63, 3.8) is 0 Å². The van der Waals surface area contributed by atoms with Gasteiger partial charge in [-0.15, -0.1) is 0 Å². The molecule has 0 aromatic rings. The van der Waals surface area contributed by atoms with E-state index in [0.717, 1.165) is 44.9 Å². The lowest BCUT2D eigenvalue weighted by Crippen LogP contribution is -2.45. The maximum absolute atomic E-state index is 13.0. The van der Waals surface area contributed by atoms with Crippen LogP contribution in [-0.2, 0) is 18.4 Å². The van der Waals surface area contributed by atoms with Gasteiger partial charge in [-0.2, -0.15) is 0 Å². The van der Waals surface area contributed by atoms with E-state index in [2.05, 4.69) is 55.6 Å². The summed E-state index contributed by atoms with van der Waals surface area (Å²) in [6.45, 7) is 4.65. The summed E-state index contributed by atoms with van der Waals surface area (Å²) in [5.41, 5.74) is 0. The predicted octanol–water partition coefficient (Wildman–Crippen LogP) is 18.5. The predicted molar refractivity (Wildman–Crippen MR) is 311 cm³/mol. The number of aliphatic hydroxyl groups is 1. The number of hydrogen-bond acceptors (Lipinski definition) is 6. The molecule has 0 bridgehead atoms. The number of carbonyl (C=O) groups is 1. The topological polar surface area (TPSA) is 108 Å². The van der Waals surface area contributed by atoms with Crippen molar-refractivity contribution in [3.05, 3.63) is 48.6 Å². The highest BCUT2D eigenvalue weighted by atomic mass is 31.2. The van der Waals surface area contributed by atoms with E-state index in [1.165, 1.54) is 231 Å². The fraction of sp³-hybridized carbons (Fsp3) is 0.857. The van der Waals surface area contributed by atoms with E-state index in [1.807, 2.05) is 27.2 Å². The molecular weight excluding hydrogens is 912 g/mol. The Morgan fingerprint density at radius 1 is 0.472 bits per heavy atom. The molecule has 3 atom stereocenters. The summed E-state index contributed by atoms with van der Waals surface area (Å²) in [6.07, 6.45) is 72.1. The highest BCUT2D eigenvalue weighted by Gasteiger charge is 2.23. The molecule has 0 aromatic heterocycles. The molecule has 0 heterocycles. The Morgan fingerprint density at radius 2 is 0.778 bits per heavy atom. The van der Waals surface area contributed by atoms with Gasteiger partial charge in [0.25, 0.3) is 7.82 Å². The molecule has 424 valence electrons. The minimum Gasteiger partial charge on any atom is -0.756 e. The van der Waals surface area contributed by atoms with E-state index in [0.29, 0.717) is 17.4 Å². The number of hydrogen-bond donors (Lipinski definition) is 2. The van der Waals surface area contributed by atoms with Gasteiger partial charge in [0.2, 0.25) is 5.91 Å². The first-order valence-corrected chi connectivity index (χ1v) is 32.5. The summed E-state index contributed by atoms with van der Waals surface area (Å²) in [4.78, 5) is 25.5. The van der Waals surface area contributed by atoms with Crippen LogP contribution in [0.5, 0.6) is 0 Å². The zero-order chi connectivity index (χ0) is 52.7. The van der Waals surface area contributed by atoms with Crippen molar-refractivity contribution in [2.24, 2.45) is 0 Å². The maximum Gasteiger partial charge on any atom is 0.268 e. The van der Waals surface area contributed by atoms with E-state index >= 15 is 0 Å². The Kier molecular flexibility index (Phi) is 53.1. The molecule has 0 fully saturated rings. The first-order valence-electron chi connectivity index (χ1n) is 31.0. The zero-order valence-electron chi connectivity index (χ0n) is 48.4. The summed E-state index contributed by atoms with van der Waals surface area (Å²) in [7, 11) is 1.24. The smallest absolute Gasteiger partial charge is 0.268 e.